The summed E-state index contributed by atoms with van der Waals surface area (Å²) in [4.78, 5) is 0. The molecule has 4 heteroatoms. The van der Waals surface area contributed by atoms with Gasteiger partial charge in [-0.05, 0) is 23.5 Å². The van der Waals surface area contributed by atoms with Gasteiger partial charge >= 0.3 is 0 Å². The molecule has 0 N–H and O–H groups in total. The zero-order valence-corrected chi connectivity index (χ0v) is 10.4. The first kappa shape index (κ1) is 12.6. The number of hydrogen-bond donors (Lipinski definition) is 0. The number of epoxide rings is 1. The first-order chi connectivity index (χ1) is 8.22. The van der Waals surface area contributed by atoms with Crippen molar-refractivity contribution in [3.8, 4) is 0 Å². The van der Waals surface area contributed by atoms with Crippen molar-refractivity contribution in [1.82, 2.24) is 0 Å². The molecule has 1 aliphatic heterocycles. The Balaban J connectivity index is 2.09. The maximum absolute atomic E-state index is 13.5. The largest absolute Gasteiger partial charge is 0.371 e. The summed E-state index contributed by atoms with van der Waals surface area (Å²) < 4.78 is 24.5. The molecule has 0 amide bonds. The second kappa shape index (κ2) is 5.65. The van der Waals surface area contributed by atoms with Crippen molar-refractivity contribution in [2.75, 3.05) is 13.2 Å². The van der Waals surface area contributed by atoms with Gasteiger partial charge in [0.05, 0.1) is 19.3 Å². The van der Waals surface area contributed by atoms with E-state index in [1.165, 1.54) is 6.07 Å². The smallest absolute Gasteiger partial charge is 0.143 e. The summed E-state index contributed by atoms with van der Waals surface area (Å²) in [5, 5.41) is 0. The molecule has 1 aliphatic rings. The van der Waals surface area contributed by atoms with E-state index in [1.54, 1.807) is 6.07 Å². The van der Waals surface area contributed by atoms with Crippen molar-refractivity contribution >= 4 is 13.3 Å². The highest BCUT2D eigenvalue weighted by Crippen LogP contribution is 2.23. The summed E-state index contributed by atoms with van der Waals surface area (Å²) in [6.07, 6.45) is 2.17. The first-order valence-electron chi connectivity index (χ1n) is 6.20. The van der Waals surface area contributed by atoms with Crippen LogP contribution in [0.3, 0.4) is 0 Å². The zero-order valence-electron chi connectivity index (χ0n) is 10.4. The molecular formula is C13H18BFO2. The van der Waals surface area contributed by atoms with Crippen LogP contribution in [0.2, 0.25) is 0 Å². The van der Waals surface area contributed by atoms with Gasteiger partial charge in [0, 0.05) is 0 Å². The SMILES string of the molecule is Bc1c(F)cccc1[C@@H](CCC)OCC1CO1. The van der Waals surface area contributed by atoms with Gasteiger partial charge in [0.25, 0.3) is 0 Å². The van der Waals surface area contributed by atoms with E-state index in [9.17, 15) is 4.39 Å². The molecule has 17 heavy (non-hydrogen) atoms. The van der Waals surface area contributed by atoms with Crippen LogP contribution >= 0.6 is 0 Å². The van der Waals surface area contributed by atoms with Gasteiger partial charge in [-0.1, -0.05) is 25.5 Å². The summed E-state index contributed by atoms with van der Waals surface area (Å²) in [6, 6.07) is 5.19. The first-order valence-corrected chi connectivity index (χ1v) is 6.20. The average molecular weight is 236 g/mol. The Morgan fingerprint density at radius 3 is 3.00 bits per heavy atom. The minimum absolute atomic E-state index is 0.0140. The van der Waals surface area contributed by atoms with E-state index >= 15 is 0 Å². The number of benzene rings is 1. The fraction of sp³-hybridized carbons (Fsp3) is 0.538. The van der Waals surface area contributed by atoms with Gasteiger partial charge in [-0.25, -0.2) is 4.39 Å². The molecule has 1 heterocycles. The van der Waals surface area contributed by atoms with Crippen molar-refractivity contribution in [3.05, 3.63) is 29.6 Å². The van der Waals surface area contributed by atoms with Gasteiger partial charge < -0.3 is 9.47 Å². The number of ether oxygens (including phenoxy) is 2. The monoisotopic (exact) mass is 236 g/mol. The molecule has 1 saturated heterocycles. The third kappa shape index (κ3) is 3.30. The Morgan fingerprint density at radius 2 is 2.35 bits per heavy atom. The standard InChI is InChI=1S/C13H18BFO2/c1-2-4-12(17-8-9-7-16-9)10-5-3-6-11(15)13(10)14/h3,5-6,9,12H,2,4,7-8,14H2,1H3/t9?,12-/m1/s1. The van der Waals surface area contributed by atoms with Crippen LogP contribution in [0.4, 0.5) is 4.39 Å². The van der Waals surface area contributed by atoms with E-state index in [0.717, 1.165) is 25.0 Å². The van der Waals surface area contributed by atoms with E-state index < -0.39 is 0 Å². The van der Waals surface area contributed by atoms with Crippen LogP contribution in [0.5, 0.6) is 0 Å². The molecule has 0 bridgehead atoms. The van der Waals surface area contributed by atoms with E-state index in [4.69, 9.17) is 9.47 Å². The minimum Gasteiger partial charge on any atom is -0.371 e. The van der Waals surface area contributed by atoms with Crippen LogP contribution in [-0.4, -0.2) is 27.2 Å². The predicted octanol–water partition coefficient (Wildman–Crippen LogP) is 1.34. The summed E-state index contributed by atoms with van der Waals surface area (Å²) in [7, 11) is 1.81. The molecule has 1 aromatic rings. The molecule has 1 unspecified atom stereocenters. The van der Waals surface area contributed by atoms with Crippen LogP contribution in [0.15, 0.2) is 18.2 Å². The van der Waals surface area contributed by atoms with Gasteiger partial charge in [-0.15, -0.1) is 0 Å². The maximum Gasteiger partial charge on any atom is 0.143 e. The third-order valence-corrected chi connectivity index (χ3v) is 3.09. The summed E-state index contributed by atoms with van der Waals surface area (Å²) in [5.74, 6) is -0.158. The summed E-state index contributed by atoms with van der Waals surface area (Å²) >= 11 is 0. The molecule has 0 radical (unpaired) electrons. The summed E-state index contributed by atoms with van der Waals surface area (Å²) in [6.45, 7) is 3.51. The maximum atomic E-state index is 13.5. The summed E-state index contributed by atoms with van der Waals surface area (Å²) in [5.41, 5.74) is 1.66. The highest BCUT2D eigenvalue weighted by molar-refractivity contribution is 6.33. The van der Waals surface area contributed by atoms with Crippen molar-refractivity contribution in [2.24, 2.45) is 0 Å². The second-order valence-corrected chi connectivity index (χ2v) is 4.52. The topological polar surface area (TPSA) is 21.8 Å². The number of halogens is 1. The molecule has 1 fully saturated rings. The Labute approximate surface area is 103 Å². The molecule has 1 aromatic carbocycles. The van der Waals surface area contributed by atoms with Crippen molar-refractivity contribution < 1.29 is 13.9 Å². The lowest BCUT2D eigenvalue weighted by molar-refractivity contribution is 0.0364. The molecule has 2 rings (SSSR count). The van der Waals surface area contributed by atoms with Crippen LogP contribution in [0.25, 0.3) is 0 Å². The van der Waals surface area contributed by atoms with Gasteiger partial charge in [0.2, 0.25) is 0 Å². The van der Waals surface area contributed by atoms with Crippen LogP contribution in [-0.2, 0) is 9.47 Å². The molecule has 92 valence electrons. The molecule has 0 aliphatic carbocycles. The Kier molecular flexibility index (Phi) is 4.18. The lowest BCUT2D eigenvalue weighted by atomic mass is 9.86. The van der Waals surface area contributed by atoms with Gasteiger partial charge in [-0.2, -0.15) is 0 Å². The zero-order chi connectivity index (χ0) is 12.3. The fourth-order valence-electron chi connectivity index (χ4n) is 1.95. The predicted molar refractivity (Wildman–Crippen MR) is 67.9 cm³/mol. The quantitative estimate of drug-likeness (QED) is 0.549. The van der Waals surface area contributed by atoms with Gasteiger partial charge in [0.15, 0.2) is 0 Å². The number of hydrogen-bond acceptors (Lipinski definition) is 2. The second-order valence-electron chi connectivity index (χ2n) is 4.52. The fourth-order valence-corrected chi connectivity index (χ4v) is 1.95. The Bertz CT molecular complexity index is 380. The van der Waals surface area contributed by atoms with E-state index in [2.05, 4.69) is 6.92 Å². The normalized spacial score (nSPS) is 20.2. The van der Waals surface area contributed by atoms with E-state index in [-0.39, 0.29) is 18.0 Å². The molecule has 2 atom stereocenters. The third-order valence-electron chi connectivity index (χ3n) is 3.09. The highest BCUT2D eigenvalue weighted by Gasteiger charge is 2.25. The highest BCUT2D eigenvalue weighted by atomic mass is 19.1. The molecule has 0 aromatic heterocycles. The van der Waals surface area contributed by atoms with Crippen molar-refractivity contribution in [1.29, 1.82) is 0 Å². The van der Waals surface area contributed by atoms with Crippen molar-refractivity contribution in [2.45, 2.75) is 32.0 Å². The van der Waals surface area contributed by atoms with E-state index in [1.807, 2.05) is 13.9 Å². The Hall–Kier alpha value is -0.865. The van der Waals surface area contributed by atoms with E-state index in [0.29, 0.717) is 12.1 Å². The molecule has 0 spiro atoms. The molecule has 0 saturated carbocycles. The molecule has 2 nitrogen and oxygen atoms in total. The number of rotatable bonds is 6. The van der Waals surface area contributed by atoms with Gasteiger partial charge in [0.1, 0.15) is 19.8 Å². The van der Waals surface area contributed by atoms with Crippen LogP contribution in [0.1, 0.15) is 31.4 Å². The average Bonchev–Trinajstić information content (AvgIpc) is 3.12. The van der Waals surface area contributed by atoms with Crippen LogP contribution in [0, 0.1) is 5.82 Å². The van der Waals surface area contributed by atoms with Crippen molar-refractivity contribution in [3.63, 3.8) is 0 Å². The van der Waals surface area contributed by atoms with Gasteiger partial charge in [-0.3, -0.25) is 0 Å². The minimum atomic E-state index is -0.158. The lowest BCUT2D eigenvalue weighted by Gasteiger charge is -2.19. The lowest BCUT2D eigenvalue weighted by Crippen LogP contribution is -2.21. The van der Waals surface area contributed by atoms with Crippen LogP contribution < -0.4 is 5.46 Å². The molecular weight excluding hydrogens is 218 g/mol. The Morgan fingerprint density at radius 1 is 1.59 bits per heavy atom.